The monoisotopic (exact) mass is 267 g/mol. The number of amides is 1. The quantitative estimate of drug-likeness (QED) is 0.401. The van der Waals surface area contributed by atoms with E-state index in [1.54, 1.807) is 25.1 Å². The number of hydrogen-bond donors (Lipinski definition) is 3. The van der Waals surface area contributed by atoms with Crippen LogP contribution in [0, 0.1) is 0 Å². The molecule has 0 saturated carbocycles. The van der Waals surface area contributed by atoms with Crippen molar-refractivity contribution in [2.75, 3.05) is 30.8 Å². The molecule has 1 aromatic rings. The van der Waals surface area contributed by atoms with Crippen LogP contribution in [0.15, 0.2) is 18.2 Å². The molecule has 0 aliphatic rings. The summed E-state index contributed by atoms with van der Waals surface area (Å²) in [6.07, 6.45) is -0.838. The number of nitrogens with one attached hydrogen (secondary N) is 1. The lowest BCUT2D eigenvalue weighted by Gasteiger charge is -2.10. The van der Waals surface area contributed by atoms with Crippen molar-refractivity contribution in [3.8, 4) is 0 Å². The summed E-state index contributed by atoms with van der Waals surface area (Å²) in [6, 6.07) is 4.76. The predicted molar refractivity (Wildman–Crippen MR) is 70.8 cm³/mol. The number of primary amides is 1. The number of rotatable bonds is 6. The van der Waals surface area contributed by atoms with E-state index in [9.17, 15) is 9.59 Å². The Kier molecular flexibility index (Phi) is 5.46. The van der Waals surface area contributed by atoms with Crippen LogP contribution in [-0.4, -0.2) is 31.8 Å². The highest BCUT2D eigenvalue weighted by molar-refractivity contribution is 5.92. The molecule has 0 aliphatic heterocycles. The SMILES string of the molecule is CCOC(=O)c1ccc(N)c(NCCOC(N)=O)c1. The van der Waals surface area contributed by atoms with E-state index in [0.29, 0.717) is 30.1 Å². The summed E-state index contributed by atoms with van der Waals surface area (Å²) < 4.78 is 9.45. The smallest absolute Gasteiger partial charge is 0.404 e. The minimum Gasteiger partial charge on any atom is -0.462 e. The average molecular weight is 267 g/mol. The first kappa shape index (κ1) is 14.6. The molecular weight excluding hydrogens is 250 g/mol. The zero-order valence-electron chi connectivity index (χ0n) is 10.6. The summed E-state index contributed by atoms with van der Waals surface area (Å²) in [4.78, 5) is 21.9. The Bertz CT molecular complexity index is 462. The number of nitrogen functional groups attached to an aromatic ring is 1. The zero-order chi connectivity index (χ0) is 14.3. The Morgan fingerprint density at radius 3 is 2.68 bits per heavy atom. The zero-order valence-corrected chi connectivity index (χ0v) is 10.6. The van der Waals surface area contributed by atoms with Crippen molar-refractivity contribution in [3.05, 3.63) is 23.8 Å². The van der Waals surface area contributed by atoms with Crippen molar-refractivity contribution in [2.24, 2.45) is 5.73 Å². The van der Waals surface area contributed by atoms with Gasteiger partial charge in [-0.15, -0.1) is 0 Å². The first-order valence-electron chi connectivity index (χ1n) is 5.77. The molecule has 0 fully saturated rings. The number of anilines is 2. The Balaban J connectivity index is 2.64. The predicted octanol–water partition coefficient (Wildman–Crippen LogP) is 0.953. The molecule has 0 bridgehead atoms. The molecule has 5 N–H and O–H groups in total. The van der Waals surface area contributed by atoms with E-state index in [0.717, 1.165) is 0 Å². The average Bonchev–Trinajstić information content (AvgIpc) is 2.36. The number of esters is 1. The molecule has 0 heterocycles. The molecule has 0 aromatic heterocycles. The number of carbonyl (C=O) groups excluding carboxylic acids is 2. The van der Waals surface area contributed by atoms with Crippen molar-refractivity contribution < 1.29 is 19.1 Å². The van der Waals surface area contributed by atoms with Gasteiger partial charge in [-0.25, -0.2) is 9.59 Å². The highest BCUT2D eigenvalue weighted by atomic mass is 16.5. The summed E-state index contributed by atoms with van der Waals surface area (Å²) >= 11 is 0. The molecule has 0 unspecified atom stereocenters. The van der Waals surface area contributed by atoms with Gasteiger partial charge < -0.3 is 26.3 Å². The molecule has 19 heavy (non-hydrogen) atoms. The molecule has 0 saturated heterocycles. The Morgan fingerprint density at radius 2 is 2.05 bits per heavy atom. The Labute approximate surface area is 110 Å². The van der Waals surface area contributed by atoms with Crippen LogP contribution in [0.2, 0.25) is 0 Å². The molecule has 7 heteroatoms. The van der Waals surface area contributed by atoms with Crippen LogP contribution in [0.3, 0.4) is 0 Å². The standard InChI is InChI=1S/C12H17N3O4/c1-2-18-11(16)8-3-4-9(13)10(7-8)15-5-6-19-12(14)17/h3-4,7,15H,2,5-6,13H2,1H3,(H2,14,17). The summed E-state index contributed by atoms with van der Waals surface area (Å²) in [7, 11) is 0. The molecule has 0 aliphatic carbocycles. The lowest BCUT2D eigenvalue weighted by Crippen LogP contribution is -2.18. The van der Waals surface area contributed by atoms with Gasteiger partial charge in [-0.05, 0) is 25.1 Å². The summed E-state index contributed by atoms with van der Waals surface area (Å²) in [5.74, 6) is -0.418. The summed E-state index contributed by atoms with van der Waals surface area (Å²) in [6.45, 7) is 2.48. The first-order chi connectivity index (χ1) is 9.04. The molecule has 0 radical (unpaired) electrons. The van der Waals surface area contributed by atoms with E-state index in [1.807, 2.05) is 0 Å². The maximum absolute atomic E-state index is 11.6. The van der Waals surface area contributed by atoms with E-state index < -0.39 is 12.1 Å². The van der Waals surface area contributed by atoms with Gasteiger partial charge in [-0.3, -0.25) is 0 Å². The van der Waals surface area contributed by atoms with Gasteiger partial charge in [0.25, 0.3) is 0 Å². The van der Waals surface area contributed by atoms with Crippen molar-refractivity contribution >= 4 is 23.4 Å². The number of carbonyl (C=O) groups is 2. The summed E-state index contributed by atoms with van der Waals surface area (Å²) in [5, 5.41) is 2.94. The maximum atomic E-state index is 11.6. The maximum Gasteiger partial charge on any atom is 0.404 e. The van der Waals surface area contributed by atoms with Gasteiger partial charge in [0, 0.05) is 6.54 Å². The van der Waals surface area contributed by atoms with Crippen LogP contribution in [-0.2, 0) is 9.47 Å². The number of nitrogens with two attached hydrogens (primary N) is 2. The largest absolute Gasteiger partial charge is 0.462 e. The van der Waals surface area contributed by atoms with Gasteiger partial charge in [0.2, 0.25) is 0 Å². The van der Waals surface area contributed by atoms with Gasteiger partial charge in [-0.2, -0.15) is 0 Å². The molecule has 104 valence electrons. The van der Waals surface area contributed by atoms with E-state index in [2.05, 4.69) is 10.1 Å². The van der Waals surface area contributed by atoms with Gasteiger partial charge in [0.1, 0.15) is 6.61 Å². The lowest BCUT2D eigenvalue weighted by atomic mass is 10.1. The molecule has 7 nitrogen and oxygen atoms in total. The molecule has 0 spiro atoms. The summed E-state index contributed by atoms with van der Waals surface area (Å²) in [5.41, 5.74) is 12.0. The third-order valence-electron chi connectivity index (χ3n) is 2.23. The van der Waals surface area contributed by atoms with E-state index in [-0.39, 0.29) is 6.61 Å². The van der Waals surface area contributed by atoms with Crippen molar-refractivity contribution in [1.29, 1.82) is 0 Å². The van der Waals surface area contributed by atoms with Crippen molar-refractivity contribution in [2.45, 2.75) is 6.92 Å². The van der Waals surface area contributed by atoms with Crippen LogP contribution in [0.5, 0.6) is 0 Å². The Morgan fingerprint density at radius 1 is 1.32 bits per heavy atom. The van der Waals surface area contributed by atoms with Crippen molar-refractivity contribution in [3.63, 3.8) is 0 Å². The van der Waals surface area contributed by atoms with Crippen LogP contribution in [0.25, 0.3) is 0 Å². The molecule has 1 rings (SSSR count). The van der Waals surface area contributed by atoms with Crippen molar-refractivity contribution in [1.82, 2.24) is 0 Å². The number of hydrogen-bond acceptors (Lipinski definition) is 6. The first-order valence-corrected chi connectivity index (χ1v) is 5.77. The van der Waals surface area contributed by atoms with Gasteiger partial charge >= 0.3 is 12.1 Å². The fraction of sp³-hybridized carbons (Fsp3) is 0.333. The highest BCUT2D eigenvalue weighted by Gasteiger charge is 2.09. The van der Waals surface area contributed by atoms with E-state index in [4.69, 9.17) is 16.2 Å². The van der Waals surface area contributed by atoms with E-state index >= 15 is 0 Å². The third kappa shape index (κ3) is 4.74. The number of ether oxygens (including phenoxy) is 2. The molecule has 0 atom stereocenters. The van der Waals surface area contributed by atoms with Crippen LogP contribution >= 0.6 is 0 Å². The molecule has 1 amide bonds. The normalized spacial score (nSPS) is 9.74. The fourth-order valence-corrected chi connectivity index (χ4v) is 1.39. The third-order valence-corrected chi connectivity index (χ3v) is 2.23. The lowest BCUT2D eigenvalue weighted by molar-refractivity contribution is 0.0526. The van der Waals surface area contributed by atoms with Crippen LogP contribution < -0.4 is 16.8 Å². The minimum absolute atomic E-state index is 0.110. The second kappa shape index (κ2) is 7.10. The molecular formula is C12H17N3O4. The van der Waals surface area contributed by atoms with Crippen LogP contribution in [0.4, 0.5) is 16.2 Å². The minimum atomic E-state index is -0.838. The van der Waals surface area contributed by atoms with Gasteiger partial charge in [0.05, 0.1) is 23.5 Å². The second-order valence-corrected chi connectivity index (χ2v) is 3.62. The number of benzene rings is 1. The topological polar surface area (TPSA) is 117 Å². The van der Waals surface area contributed by atoms with Crippen LogP contribution in [0.1, 0.15) is 17.3 Å². The van der Waals surface area contributed by atoms with Gasteiger partial charge in [0.15, 0.2) is 0 Å². The second-order valence-electron chi connectivity index (χ2n) is 3.62. The molecule has 1 aromatic carbocycles. The van der Waals surface area contributed by atoms with Gasteiger partial charge in [-0.1, -0.05) is 0 Å². The van der Waals surface area contributed by atoms with E-state index in [1.165, 1.54) is 0 Å². The highest BCUT2D eigenvalue weighted by Crippen LogP contribution is 2.20. The Hall–Kier alpha value is -2.44. The fourth-order valence-electron chi connectivity index (χ4n) is 1.39.